The summed E-state index contributed by atoms with van der Waals surface area (Å²) in [4.78, 5) is 10.9. The van der Waals surface area contributed by atoms with Gasteiger partial charge in [-0.1, -0.05) is 0 Å². The zero-order chi connectivity index (χ0) is 9.26. The van der Waals surface area contributed by atoms with Crippen molar-refractivity contribution in [2.45, 2.75) is 13.5 Å². The average molecular weight is 178 g/mol. The topological polar surface area (TPSA) is 85.4 Å². The molecular formula is C7H10N6. The third-order valence-electron chi connectivity index (χ3n) is 1.75. The van der Waals surface area contributed by atoms with Crippen molar-refractivity contribution in [3.05, 3.63) is 12.5 Å². The van der Waals surface area contributed by atoms with E-state index in [1.54, 1.807) is 10.9 Å². The molecule has 68 valence electrons. The summed E-state index contributed by atoms with van der Waals surface area (Å²) in [6.45, 7) is 2.77. The standard InChI is InChI=1S/C7H10N6/c1-2-13-6(10-4-11-13)5-3-9-7(8)12-5/h3-4H,2H2,1H3,(H3,8,9,12). The Labute approximate surface area is 74.8 Å². The molecule has 6 nitrogen and oxygen atoms in total. The average Bonchev–Trinajstić information content (AvgIpc) is 2.71. The van der Waals surface area contributed by atoms with Gasteiger partial charge in [-0.25, -0.2) is 14.6 Å². The smallest absolute Gasteiger partial charge is 0.197 e. The van der Waals surface area contributed by atoms with Crippen molar-refractivity contribution >= 4 is 5.95 Å². The minimum Gasteiger partial charge on any atom is -0.369 e. The molecule has 0 atom stereocenters. The number of hydrogen-bond donors (Lipinski definition) is 2. The number of anilines is 1. The molecule has 0 aliphatic rings. The fraction of sp³-hybridized carbons (Fsp3) is 0.286. The number of rotatable bonds is 2. The van der Waals surface area contributed by atoms with Crippen molar-refractivity contribution in [3.8, 4) is 11.5 Å². The first kappa shape index (κ1) is 7.78. The van der Waals surface area contributed by atoms with Crippen molar-refractivity contribution in [1.29, 1.82) is 0 Å². The normalized spacial score (nSPS) is 10.5. The minimum absolute atomic E-state index is 0.389. The van der Waals surface area contributed by atoms with Crippen LogP contribution in [0, 0.1) is 0 Å². The van der Waals surface area contributed by atoms with E-state index in [2.05, 4.69) is 20.1 Å². The molecule has 13 heavy (non-hydrogen) atoms. The lowest BCUT2D eigenvalue weighted by Gasteiger charge is -1.98. The molecule has 0 fully saturated rings. The molecule has 0 bridgehead atoms. The Bertz CT molecular complexity index is 401. The van der Waals surface area contributed by atoms with Gasteiger partial charge < -0.3 is 10.7 Å². The third-order valence-corrected chi connectivity index (χ3v) is 1.75. The molecule has 0 saturated heterocycles. The fourth-order valence-electron chi connectivity index (χ4n) is 1.15. The van der Waals surface area contributed by atoms with Gasteiger partial charge in [-0.15, -0.1) is 0 Å². The summed E-state index contributed by atoms with van der Waals surface area (Å²) in [7, 11) is 0. The maximum Gasteiger partial charge on any atom is 0.197 e. The van der Waals surface area contributed by atoms with Crippen LogP contribution in [0.2, 0.25) is 0 Å². The Morgan fingerprint density at radius 2 is 2.38 bits per heavy atom. The van der Waals surface area contributed by atoms with Gasteiger partial charge in [0.1, 0.15) is 12.0 Å². The summed E-state index contributed by atoms with van der Waals surface area (Å²) < 4.78 is 1.77. The molecule has 0 amide bonds. The summed E-state index contributed by atoms with van der Waals surface area (Å²) >= 11 is 0. The number of nitrogens with two attached hydrogens (primary N) is 1. The number of hydrogen-bond acceptors (Lipinski definition) is 4. The molecular weight excluding hydrogens is 168 g/mol. The van der Waals surface area contributed by atoms with E-state index in [0.29, 0.717) is 5.95 Å². The molecule has 2 aromatic rings. The zero-order valence-corrected chi connectivity index (χ0v) is 7.23. The van der Waals surface area contributed by atoms with Crippen molar-refractivity contribution in [3.63, 3.8) is 0 Å². The molecule has 0 aliphatic heterocycles. The molecule has 0 aromatic carbocycles. The highest BCUT2D eigenvalue weighted by Gasteiger charge is 2.07. The summed E-state index contributed by atoms with van der Waals surface area (Å²) in [5.74, 6) is 1.15. The first-order valence-corrected chi connectivity index (χ1v) is 4.00. The number of aryl methyl sites for hydroxylation is 1. The van der Waals surface area contributed by atoms with Gasteiger partial charge in [-0.3, -0.25) is 0 Å². The van der Waals surface area contributed by atoms with Crippen LogP contribution < -0.4 is 5.73 Å². The van der Waals surface area contributed by atoms with Gasteiger partial charge in [0.15, 0.2) is 11.8 Å². The maximum absolute atomic E-state index is 5.45. The van der Waals surface area contributed by atoms with Crippen LogP contribution in [0.3, 0.4) is 0 Å². The molecule has 6 heteroatoms. The van der Waals surface area contributed by atoms with Crippen LogP contribution >= 0.6 is 0 Å². The van der Waals surface area contributed by atoms with E-state index < -0.39 is 0 Å². The monoisotopic (exact) mass is 178 g/mol. The molecule has 0 unspecified atom stereocenters. The van der Waals surface area contributed by atoms with Gasteiger partial charge in [0.2, 0.25) is 0 Å². The molecule has 0 spiro atoms. The van der Waals surface area contributed by atoms with E-state index in [4.69, 9.17) is 5.73 Å². The number of nitrogens with one attached hydrogen (secondary N) is 1. The summed E-state index contributed by atoms with van der Waals surface area (Å²) in [6, 6.07) is 0. The number of aromatic nitrogens is 5. The third kappa shape index (κ3) is 1.26. The van der Waals surface area contributed by atoms with Crippen molar-refractivity contribution in [1.82, 2.24) is 24.7 Å². The lowest BCUT2D eigenvalue weighted by atomic mass is 10.4. The summed E-state index contributed by atoms with van der Waals surface area (Å²) in [6.07, 6.45) is 3.15. The molecule has 2 rings (SSSR count). The first-order chi connectivity index (χ1) is 6.31. The van der Waals surface area contributed by atoms with E-state index in [1.807, 2.05) is 6.92 Å². The van der Waals surface area contributed by atoms with Crippen LogP contribution in [0.15, 0.2) is 12.5 Å². The van der Waals surface area contributed by atoms with Crippen LogP contribution in [0.1, 0.15) is 6.92 Å². The van der Waals surface area contributed by atoms with Gasteiger partial charge in [-0.2, -0.15) is 5.10 Å². The molecule has 2 aromatic heterocycles. The largest absolute Gasteiger partial charge is 0.369 e. The highest BCUT2D eigenvalue weighted by atomic mass is 15.3. The Balaban J connectivity index is 2.45. The summed E-state index contributed by atoms with van der Waals surface area (Å²) in [5.41, 5.74) is 6.24. The Hall–Kier alpha value is -1.85. The van der Waals surface area contributed by atoms with Crippen LogP contribution in [0.5, 0.6) is 0 Å². The second-order valence-electron chi connectivity index (χ2n) is 2.58. The number of H-pyrrole nitrogens is 1. The molecule has 3 N–H and O–H groups in total. The number of aromatic amines is 1. The van der Waals surface area contributed by atoms with Crippen LogP contribution in [-0.2, 0) is 6.54 Å². The number of nitrogen functional groups attached to an aromatic ring is 1. The predicted molar refractivity (Wildman–Crippen MR) is 47.7 cm³/mol. The second kappa shape index (κ2) is 2.89. The van der Waals surface area contributed by atoms with Gasteiger partial charge >= 0.3 is 0 Å². The minimum atomic E-state index is 0.389. The predicted octanol–water partition coefficient (Wildman–Crippen LogP) is 0.270. The van der Waals surface area contributed by atoms with E-state index in [-0.39, 0.29) is 0 Å². The maximum atomic E-state index is 5.45. The van der Waals surface area contributed by atoms with Crippen molar-refractivity contribution in [2.75, 3.05) is 5.73 Å². The van der Waals surface area contributed by atoms with E-state index in [9.17, 15) is 0 Å². The van der Waals surface area contributed by atoms with E-state index in [0.717, 1.165) is 18.1 Å². The SMILES string of the molecule is CCn1ncnc1-c1cnc(N)[nH]1. The first-order valence-electron chi connectivity index (χ1n) is 4.00. The molecule has 0 saturated carbocycles. The van der Waals surface area contributed by atoms with Gasteiger partial charge in [-0.05, 0) is 6.92 Å². The summed E-state index contributed by atoms with van der Waals surface area (Å²) in [5, 5.41) is 4.04. The van der Waals surface area contributed by atoms with Crippen LogP contribution in [0.4, 0.5) is 5.95 Å². The van der Waals surface area contributed by atoms with Crippen molar-refractivity contribution in [2.24, 2.45) is 0 Å². The van der Waals surface area contributed by atoms with E-state index >= 15 is 0 Å². The lowest BCUT2D eigenvalue weighted by molar-refractivity contribution is 0.664. The fourth-order valence-corrected chi connectivity index (χ4v) is 1.15. The highest BCUT2D eigenvalue weighted by Crippen LogP contribution is 2.13. The Morgan fingerprint density at radius 1 is 1.54 bits per heavy atom. The lowest BCUT2D eigenvalue weighted by Crippen LogP contribution is -1.99. The molecule has 0 aliphatic carbocycles. The highest BCUT2D eigenvalue weighted by molar-refractivity contribution is 5.50. The Kier molecular flexibility index (Phi) is 1.73. The zero-order valence-electron chi connectivity index (χ0n) is 7.23. The van der Waals surface area contributed by atoms with Gasteiger partial charge in [0.25, 0.3) is 0 Å². The van der Waals surface area contributed by atoms with Crippen molar-refractivity contribution < 1.29 is 0 Å². The Morgan fingerprint density at radius 3 is 3.00 bits per heavy atom. The number of nitrogens with zero attached hydrogens (tertiary/aromatic N) is 4. The van der Waals surface area contributed by atoms with Crippen LogP contribution in [-0.4, -0.2) is 24.7 Å². The second-order valence-corrected chi connectivity index (χ2v) is 2.58. The van der Waals surface area contributed by atoms with Gasteiger partial charge in [0, 0.05) is 6.54 Å². The van der Waals surface area contributed by atoms with Gasteiger partial charge in [0.05, 0.1) is 6.20 Å². The number of imidazole rings is 1. The quantitative estimate of drug-likeness (QED) is 0.691. The van der Waals surface area contributed by atoms with Crippen LogP contribution in [0.25, 0.3) is 11.5 Å². The molecule has 2 heterocycles. The van der Waals surface area contributed by atoms with E-state index in [1.165, 1.54) is 6.33 Å². The molecule has 0 radical (unpaired) electrons.